The minimum absolute atomic E-state index is 0.160. The highest BCUT2D eigenvalue weighted by Gasteiger charge is 2.06. The van der Waals surface area contributed by atoms with E-state index in [0.717, 1.165) is 5.56 Å². The summed E-state index contributed by atoms with van der Waals surface area (Å²) in [7, 11) is 1.64. The Morgan fingerprint density at radius 2 is 1.56 bits per heavy atom. The van der Waals surface area contributed by atoms with Crippen LogP contribution in [0.3, 0.4) is 0 Å². The maximum atomic E-state index is 12.3. The summed E-state index contributed by atoms with van der Waals surface area (Å²) in [5.74, 6) is 1.24. The molecule has 25 heavy (non-hydrogen) atoms. The number of carbonyl (C=O) groups excluding carboxylic acids is 1. The Morgan fingerprint density at radius 3 is 2.20 bits per heavy atom. The lowest BCUT2D eigenvalue weighted by atomic mass is 10.1. The van der Waals surface area contributed by atoms with E-state index in [1.807, 2.05) is 12.1 Å². The molecule has 0 aliphatic heterocycles. The number of nitrogens with one attached hydrogen (secondary N) is 1. The average molecular weight is 334 g/mol. The van der Waals surface area contributed by atoms with Crippen molar-refractivity contribution in [2.45, 2.75) is 6.61 Å². The van der Waals surface area contributed by atoms with Gasteiger partial charge < -0.3 is 14.8 Å². The fourth-order valence-corrected chi connectivity index (χ4v) is 2.27. The molecule has 5 nitrogen and oxygen atoms in total. The Labute approximate surface area is 146 Å². The molecule has 0 bridgehead atoms. The molecule has 0 aliphatic rings. The Morgan fingerprint density at radius 1 is 0.920 bits per heavy atom. The molecule has 1 N–H and O–H groups in total. The second-order valence-corrected chi connectivity index (χ2v) is 5.39. The van der Waals surface area contributed by atoms with E-state index in [2.05, 4.69) is 10.3 Å². The van der Waals surface area contributed by atoms with Gasteiger partial charge in [0.15, 0.2) is 0 Å². The van der Waals surface area contributed by atoms with Crippen molar-refractivity contribution in [3.8, 4) is 11.5 Å². The van der Waals surface area contributed by atoms with Crippen LogP contribution in [-0.4, -0.2) is 18.0 Å². The first kappa shape index (κ1) is 16.7. The summed E-state index contributed by atoms with van der Waals surface area (Å²) in [4.78, 5) is 16.2. The number of carbonyl (C=O) groups is 1. The number of ether oxygens (including phenoxy) is 2. The van der Waals surface area contributed by atoms with E-state index >= 15 is 0 Å². The SMILES string of the molecule is COCc1ccc(C(=O)Nc2ccc(Oc3ccncc3)cc2)cc1. The Balaban J connectivity index is 1.61. The van der Waals surface area contributed by atoms with Crippen LogP contribution in [0, 0.1) is 0 Å². The number of nitrogens with zero attached hydrogens (tertiary/aromatic N) is 1. The molecule has 0 radical (unpaired) electrons. The van der Waals surface area contributed by atoms with Crippen LogP contribution in [0.2, 0.25) is 0 Å². The molecule has 0 saturated carbocycles. The largest absolute Gasteiger partial charge is 0.457 e. The molecule has 0 unspecified atom stereocenters. The number of amides is 1. The number of aromatic nitrogens is 1. The summed E-state index contributed by atoms with van der Waals surface area (Å²) in [6.07, 6.45) is 3.34. The molecule has 0 spiro atoms. The highest BCUT2D eigenvalue weighted by Crippen LogP contribution is 2.22. The standard InChI is InChI=1S/C20H18N2O3/c1-24-14-15-2-4-16(5-3-15)20(23)22-17-6-8-18(9-7-17)25-19-10-12-21-13-11-19/h2-13H,14H2,1H3,(H,22,23). The van der Waals surface area contributed by atoms with Gasteiger partial charge >= 0.3 is 0 Å². The average Bonchev–Trinajstić information content (AvgIpc) is 2.65. The van der Waals surface area contributed by atoms with Crippen molar-refractivity contribution in [2.24, 2.45) is 0 Å². The molecule has 3 aromatic rings. The molecule has 2 aromatic carbocycles. The van der Waals surface area contributed by atoms with Crippen molar-refractivity contribution >= 4 is 11.6 Å². The van der Waals surface area contributed by atoms with Crippen molar-refractivity contribution in [3.63, 3.8) is 0 Å². The lowest BCUT2D eigenvalue weighted by Gasteiger charge is -2.08. The summed E-state index contributed by atoms with van der Waals surface area (Å²) in [6, 6.07) is 18.1. The van der Waals surface area contributed by atoms with Crippen molar-refractivity contribution in [3.05, 3.63) is 84.2 Å². The molecule has 126 valence electrons. The molecule has 1 amide bonds. The molecule has 0 saturated heterocycles. The summed E-state index contributed by atoms with van der Waals surface area (Å²) in [5, 5.41) is 2.87. The monoisotopic (exact) mass is 334 g/mol. The van der Waals surface area contributed by atoms with E-state index in [0.29, 0.717) is 29.4 Å². The lowest BCUT2D eigenvalue weighted by molar-refractivity contribution is 0.102. The summed E-state index contributed by atoms with van der Waals surface area (Å²) < 4.78 is 10.8. The third-order valence-electron chi connectivity index (χ3n) is 3.52. The normalized spacial score (nSPS) is 10.3. The maximum absolute atomic E-state index is 12.3. The van der Waals surface area contributed by atoms with Gasteiger partial charge in [0.05, 0.1) is 6.61 Å². The number of benzene rings is 2. The number of rotatable bonds is 6. The third-order valence-corrected chi connectivity index (χ3v) is 3.52. The third kappa shape index (κ3) is 4.65. The minimum atomic E-state index is -0.160. The second-order valence-electron chi connectivity index (χ2n) is 5.39. The molecule has 0 atom stereocenters. The predicted octanol–water partition coefficient (Wildman–Crippen LogP) is 4.27. The van der Waals surface area contributed by atoms with E-state index in [1.165, 1.54) is 0 Å². The van der Waals surface area contributed by atoms with Gasteiger partial charge in [-0.2, -0.15) is 0 Å². The Kier molecular flexibility index (Phi) is 5.39. The fourth-order valence-electron chi connectivity index (χ4n) is 2.27. The smallest absolute Gasteiger partial charge is 0.255 e. The number of hydrogen-bond donors (Lipinski definition) is 1. The second kappa shape index (κ2) is 8.08. The first-order valence-electron chi connectivity index (χ1n) is 7.82. The Bertz CT molecular complexity index is 816. The van der Waals surface area contributed by atoms with Crippen LogP contribution >= 0.6 is 0 Å². The van der Waals surface area contributed by atoms with Gasteiger partial charge in [-0.05, 0) is 54.1 Å². The van der Waals surface area contributed by atoms with Crippen LogP contribution < -0.4 is 10.1 Å². The van der Waals surface area contributed by atoms with Gasteiger partial charge in [0.2, 0.25) is 0 Å². The van der Waals surface area contributed by atoms with Crippen molar-refractivity contribution < 1.29 is 14.3 Å². The van der Waals surface area contributed by atoms with Crippen molar-refractivity contribution in [2.75, 3.05) is 12.4 Å². The minimum Gasteiger partial charge on any atom is -0.457 e. The van der Waals surface area contributed by atoms with Gasteiger partial charge in [0.1, 0.15) is 11.5 Å². The number of anilines is 1. The number of pyridine rings is 1. The summed E-state index contributed by atoms with van der Waals surface area (Å²) in [6.45, 7) is 0.529. The van der Waals surface area contributed by atoms with E-state index in [9.17, 15) is 4.79 Å². The van der Waals surface area contributed by atoms with Gasteiger partial charge in [0, 0.05) is 30.8 Å². The topological polar surface area (TPSA) is 60.5 Å². The molecule has 1 aromatic heterocycles. The van der Waals surface area contributed by atoms with E-state index < -0.39 is 0 Å². The number of hydrogen-bond acceptors (Lipinski definition) is 4. The molecule has 3 rings (SSSR count). The van der Waals surface area contributed by atoms with Crippen molar-refractivity contribution in [1.82, 2.24) is 4.98 Å². The molecule has 5 heteroatoms. The van der Waals surface area contributed by atoms with Crippen LogP contribution in [0.5, 0.6) is 11.5 Å². The van der Waals surface area contributed by atoms with Crippen LogP contribution in [-0.2, 0) is 11.3 Å². The highest BCUT2D eigenvalue weighted by molar-refractivity contribution is 6.04. The highest BCUT2D eigenvalue weighted by atomic mass is 16.5. The van der Waals surface area contributed by atoms with Crippen LogP contribution in [0.25, 0.3) is 0 Å². The maximum Gasteiger partial charge on any atom is 0.255 e. The predicted molar refractivity (Wildman–Crippen MR) is 95.9 cm³/mol. The number of methoxy groups -OCH3 is 1. The van der Waals surface area contributed by atoms with Gasteiger partial charge in [-0.3, -0.25) is 9.78 Å². The van der Waals surface area contributed by atoms with E-state index in [-0.39, 0.29) is 5.91 Å². The summed E-state index contributed by atoms with van der Waals surface area (Å²) >= 11 is 0. The fraction of sp³-hybridized carbons (Fsp3) is 0.100. The zero-order valence-electron chi connectivity index (χ0n) is 13.8. The van der Waals surface area contributed by atoms with Crippen LogP contribution in [0.15, 0.2) is 73.1 Å². The molecule has 0 fully saturated rings. The molecule has 1 heterocycles. The zero-order valence-corrected chi connectivity index (χ0v) is 13.8. The summed E-state index contributed by atoms with van der Waals surface area (Å²) in [5.41, 5.74) is 2.32. The van der Waals surface area contributed by atoms with Crippen molar-refractivity contribution in [1.29, 1.82) is 0 Å². The van der Waals surface area contributed by atoms with Gasteiger partial charge in [-0.15, -0.1) is 0 Å². The van der Waals surface area contributed by atoms with Gasteiger partial charge in [-0.25, -0.2) is 0 Å². The van der Waals surface area contributed by atoms with E-state index in [4.69, 9.17) is 9.47 Å². The van der Waals surface area contributed by atoms with E-state index in [1.54, 1.807) is 68.0 Å². The van der Waals surface area contributed by atoms with Crippen LogP contribution in [0.4, 0.5) is 5.69 Å². The first-order valence-corrected chi connectivity index (χ1v) is 7.82. The van der Waals surface area contributed by atoms with Gasteiger partial charge in [-0.1, -0.05) is 12.1 Å². The quantitative estimate of drug-likeness (QED) is 0.731. The zero-order chi connectivity index (χ0) is 17.5. The Hall–Kier alpha value is -3.18. The van der Waals surface area contributed by atoms with Gasteiger partial charge in [0.25, 0.3) is 5.91 Å². The lowest BCUT2D eigenvalue weighted by Crippen LogP contribution is -2.11. The first-order chi connectivity index (χ1) is 12.2. The van der Waals surface area contributed by atoms with Crippen LogP contribution in [0.1, 0.15) is 15.9 Å². The molecular formula is C20H18N2O3. The molecule has 0 aliphatic carbocycles. The molecular weight excluding hydrogens is 316 g/mol.